The number of ether oxygens (including phenoxy) is 3. The molecular weight excluding hydrogens is 410 g/mol. The largest absolute Gasteiger partial charge is 0.497 e. The molecule has 0 saturated carbocycles. The van der Waals surface area contributed by atoms with Gasteiger partial charge in [0, 0.05) is 20.3 Å². The molecule has 32 heavy (non-hydrogen) atoms. The van der Waals surface area contributed by atoms with Crippen LogP contribution in [0.4, 0.5) is 0 Å². The number of likely N-dealkylation sites (N-methyl/N-ethyl adjacent to an activating group) is 1. The number of carbonyl (C=O) groups is 2. The van der Waals surface area contributed by atoms with Crippen LogP contribution in [-0.4, -0.2) is 71.3 Å². The van der Waals surface area contributed by atoms with E-state index in [1.54, 1.807) is 33.3 Å². The summed E-state index contributed by atoms with van der Waals surface area (Å²) in [5, 5.41) is 5.90. The number of hydrogen-bond acceptors (Lipinski definition) is 6. The predicted molar refractivity (Wildman–Crippen MR) is 123 cm³/mol. The van der Waals surface area contributed by atoms with E-state index >= 15 is 0 Å². The molecule has 174 valence electrons. The van der Waals surface area contributed by atoms with Gasteiger partial charge in [0.2, 0.25) is 11.8 Å². The highest BCUT2D eigenvalue weighted by Crippen LogP contribution is 2.26. The molecule has 0 aromatic heterocycles. The van der Waals surface area contributed by atoms with Gasteiger partial charge in [0.25, 0.3) is 0 Å². The van der Waals surface area contributed by atoms with Gasteiger partial charge in [0.05, 0.1) is 33.4 Å². The van der Waals surface area contributed by atoms with Gasteiger partial charge >= 0.3 is 0 Å². The number of carbonyl (C=O) groups excluding carboxylic acids is 2. The second-order valence-electron chi connectivity index (χ2n) is 7.42. The summed E-state index contributed by atoms with van der Waals surface area (Å²) < 4.78 is 15.4. The first-order valence-electron chi connectivity index (χ1n) is 10.5. The molecule has 0 heterocycles. The number of nitrogens with one attached hydrogen (secondary N) is 2. The van der Waals surface area contributed by atoms with Crippen molar-refractivity contribution in [2.75, 3.05) is 54.6 Å². The zero-order chi connectivity index (χ0) is 23.3. The minimum atomic E-state index is -0.351. The van der Waals surface area contributed by atoms with Crippen LogP contribution in [0, 0.1) is 0 Å². The molecular formula is C24H33N3O5. The van der Waals surface area contributed by atoms with E-state index in [4.69, 9.17) is 14.2 Å². The molecule has 2 rings (SSSR count). The molecule has 0 fully saturated rings. The van der Waals surface area contributed by atoms with E-state index in [-0.39, 0.29) is 30.9 Å². The standard InChI is InChI=1S/C24H33N3O5/c1-27(16-22(28)25-14-5-15-30-2)17-23(29)26-24(18-6-10-20(31-3)11-7-18)19-8-12-21(32-4)13-9-19/h6-13,24H,5,14-17H2,1-4H3,(H,25,28)(H,26,29). The van der Waals surface area contributed by atoms with Crippen LogP contribution in [0.25, 0.3) is 0 Å². The molecule has 0 aliphatic rings. The molecule has 2 amide bonds. The molecule has 0 unspecified atom stereocenters. The van der Waals surface area contributed by atoms with E-state index in [1.807, 2.05) is 48.5 Å². The van der Waals surface area contributed by atoms with Crippen LogP contribution in [0.2, 0.25) is 0 Å². The maximum absolute atomic E-state index is 12.8. The van der Waals surface area contributed by atoms with E-state index in [1.165, 1.54) is 0 Å². The van der Waals surface area contributed by atoms with Crippen molar-refractivity contribution < 1.29 is 23.8 Å². The summed E-state index contributed by atoms with van der Waals surface area (Å²) in [6, 6.07) is 14.8. The minimum absolute atomic E-state index is 0.0916. The van der Waals surface area contributed by atoms with Crippen LogP contribution in [0.3, 0.4) is 0 Å². The maximum Gasteiger partial charge on any atom is 0.234 e. The third-order valence-corrected chi connectivity index (χ3v) is 4.88. The highest BCUT2D eigenvalue weighted by Gasteiger charge is 2.19. The fourth-order valence-corrected chi connectivity index (χ4v) is 3.20. The van der Waals surface area contributed by atoms with Gasteiger partial charge in [0.15, 0.2) is 0 Å². The second kappa shape index (κ2) is 13.3. The molecule has 0 bridgehead atoms. The summed E-state index contributed by atoms with van der Waals surface area (Å²) in [4.78, 5) is 26.5. The van der Waals surface area contributed by atoms with Crippen LogP contribution >= 0.6 is 0 Å². The highest BCUT2D eigenvalue weighted by atomic mass is 16.5. The lowest BCUT2D eigenvalue weighted by molar-refractivity contribution is -0.124. The molecule has 0 aliphatic heterocycles. The van der Waals surface area contributed by atoms with Crippen molar-refractivity contribution in [1.82, 2.24) is 15.5 Å². The average Bonchev–Trinajstić information content (AvgIpc) is 2.80. The third kappa shape index (κ3) is 8.20. The Morgan fingerprint density at radius 3 is 1.81 bits per heavy atom. The highest BCUT2D eigenvalue weighted by molar-refractivity contribution is 5.81. The van der Waals surface area contributed by atoms with Gasteiger partial charge in [-0.2, -0.15) is 0 Å². The van der Waals surface area contributed by atoms with Gasteiger partial charge in [-0.3, -0.25) is 14.5 Å². The average molecular weight is 444 g/mol. The lowest BCUT2D eigenvalue weighted by Crippen LogP contribution is -2.42. The van der Waals surface area contributed by atoms with Crippen LogP contribution < -0.4 is 20.1 Å². The van der Waals surface area contributed by atoms with Gasteiger partial charge < -0.3 is 24.8 Å². The Balaban J connectivity index is 2.02. The van der Waals surface area contributed by atoms with Crippen molar-refractivity contribution in [2.45, 2.75) is 12.5 Å². The molecule has 8 nitrogen and oxygen atoms in total. The van der Waals surface area contributed by atoms with Gasteiger partial charge in [-0.25, -0.2) is 0 Å². The smallest absolute Gasteiger partial charge is 0.234 e. The third-order valence-electron chi connectivity index (χ3n) is 4.88. The van der Waals surface area contributed by atoms with Crippen LogP contribution in [-0.2, 0) is 14.3 Å². The SMILES string of the molecule is COCCCNC(=O)CN(C)CC(=O)NC(c1ccc(OC)cc1)c1ccc(OC)cc1. The number of methoxy groups -OCH3 is 3. The Morgan fingerprint density at radius 2 is 1.34 bits per heavy atom. The quantitative estimate of drug-likeness (QED) is 0.461. The molecule has 8 heteroatoms. The number of hydrogen-bond donors (Lipinski definition) is 2. The van der Waals surface area contributed by atoms with E-state index in [0.29, 0.717) is 13.2 Å². The van der Waals surface area contributed by atoms with Gasteiger partial charge in [0.1, 0.15) is 11.5 Å². The zero-order valence-corrected chi connectivity index (χ0v) is 19.2. The molecule has 0 saturated heterocycles. The number of benzene rings is 2. The Labute approximate surface area is 189 Å². The van der Waals surface area contributed by atoms with Crippen molar-refractivity contribution in [2.24, 2.45) is 0 Å². The fraction of sp³-hybridized carbons (Fsp3) is 0.417. The molecule has 2 N–H and O–H groups in total. The predicted octanol–water partition coefficient (Wildman–Crippen LogP) is 1.99. The molecule has 0 atom stereocenters. The Hall–Kier alpha value is -3.10. The molecule has 2 aromatic carbocycles. The summed E-state index contributed by atoms with van der Waals surface area (Å²) in [6.07, 6.45) is 0.748. The number of amides is 2. The first-order valence-corrected chi connectivity index (χ1v) is 10.5. The Morgan fingerprint density at radius 1 is 0.844 bits per heavy atom. The number of rotatable bonds is 13. The summed E-state index contributed by atoms with van der Waals surface area (Å²) in [7, 11) is 6.59. The van der Waals surface area contributed by atoms with Crippen LogP contribution in [0.5, 0.6) is 11.5 Å². The Kier molecular flexibility index (Phi) is 10.5. The van der Waals surface area contributed by atoms with Crippen LogP contribution in [0.1, 0.15) is 23.6 Å². The first kappa shape index (κ1) is 25.2. The zero-order valence-electron chi connectivity index (χ0n) is 19.2. The van der Waals surface area contributed by atoms with E-state index in [0.717, 1.165) is 29.0 Å². The van der Waals surface area contributed by atoms with Gasteiger partial charge in [-0.15, -0.1) is 0 Å². The van der Waals surface area contributed by atoms with E-state index in [2.05, 4.69) is 10.6 Å². The molecule has 0 radical (unpaired) electrons. The molecule has 2 aromatic rings. The summed E-state index contributed by atoms with van der Waals surface area (Å²) in [6.45, 7) is 1.37. The van der Waals surface area contributed by atoms with E-state index in [9.17, 15) is 9.59 Å². The van der Waals surface area contributed by atoms with Crippen molar-refractivity contribution in [3.8, 4) is 11.5 Å². The van der Waals surface area contributed by atoms with E-state index < -0.39 is 0 Å². The summed E-state index contributed by atoms with van der Waals surface area (Å²) >= 11 is 0. The first-order chi connectivity index (χ1) is 15.5. The van der Waals surface area contributed by atoms with Crippen molar-refractivity contribution >= 4 is 11.8 Å². The summed E-state index contributed by atoms with van der Waals surface area (Å²) in [5.74, 6) is 1.17. The minimum Gasteiger partial charge on any atom is -0.497 e. The van der Waals surface area contributed by atoms with Gasteiger partial charge in [-0.1, -0.05) is 24.3 Å². The van der Waals surface area contributed by atoms with Crippen molar-refractivity contribution in [3.63, 3.8) is 0 Å². The molecule has 0 spiro atoms. The topological polar surface area (TPSA) is 89.1 Å². The van der Waals surface area contributed by atoms with Gasteiger partial charge in [-0.05, 0) is 48.9 Å². The van der Waals surface area contributed by atoms with Crippen LogP contribution in [0.15, 0.2) is 48.5 Å². The maximum atomic E-state index is 12.8. The lowest BCUT2D eigenvalue weighted by atomic mass is 9.98. The Bertz CT molecular complexity index is 792. The normalized spacial score (nSPS) is 10.8. The molecule has 0 aliphatic carbocycles. The second-order valence-corrected chi connectivity index (χ2v) is 7.42. The fourth-order valence-electron chi connectivity index (χ4n) is 3.20. The lowest BCUT2D eigenvalue weighted by Gasteiger charge is -2.22. The number of nitrogens with zero attached hydrogens (tertiary/aromatic N) is 1. The van der Waals surface area contributed by atoms with Crippen molar-refractivity contribution in [1.29, 1.82) is 0 Å². The monoisotopic (exact) mass is 443 g/mol. The van der Waals surface area contributed by atoms with Crippen molar-refractivity contribution in [3.05, 3.63) is 59.7 Å². The summed E-state index contributed by atoms with van der Waals surface area (Å²) in [5.41, 5.74) is 1.84.